The van der Waals surface area contributed by atoms with E-state index in [9.17, 15) is 13.6 Å². The van der Waals surface area contributed by atoms with Gasteiger partial charge in [0.2, 0.25) is 5.91 Å². The van der Waals surface area contributed by atoms with Gasteiger partial charge in [0.25, 0.3) is 0 Å². The van der Waals surface area contributed by atoms with Crippen molar-refractivity contribution < 1.29 is 18.3 Å². The standard InChI is InChI=1S/C22H28F2N4O2.HI/c1-4-25-22(26-12-11-17-6-8-19(9-7-17)28-16(3)29)27-14-18-13-15(2)5-10-20(18)30-21(23)24;/h5-10,13,21H,4,11-12,14H2,1-3H3,(H,28,29)(H2,25,26,27);1H. The number of guanidine groups is 1. The predicted molar refractivity (Wildman–Crippen MR) is 130 cm³/mol. The Hall–Kier alpha value is -2.43. The lowest BCUT2D eigenvalue weighted by atomic mass is 10.1. The van der Waals surface area contributed by atoms with Crippen molar-refractivity contribution >= 4 is 41.5 Å². The van der Waals surface area contributed by atoms with Gasteiger partial charge in [-0.05, 0) is 44.0 Å². The van der Waals surface area contributed by atoms with Crippen LogP contribution in [0.25, 0.3) is 0 Å². The summed E-state index contributed by atoms with van der Waals surface area (Å²) in [4.78, 5) is 15.6. The molecule has 0 aliphatic heterocycles. The van der Waals surface area contributed by atoms with E-state index >= 15 is 0 Å². The molecule has 170 valence electrons. The molecule has 9 heteroatoms. The fourth-order valence-electron chi connectivity index (χ4n) is 2.83. The first-order chi connectivity index (χ1) is 14.4. The maximum absolute atomic E-state index is 12.6. The van der Waals surface area contributed by atoms with Crippen LogP contribution in [-0.4, -0.2) is 31.6 Å². The monoisotopic (exact) mass is 546 g/mol. The number of halogens is 3. The van der Waals surface area contributed by atoms with Gasteiger partial charge in [-0.15, -0.1) is 24.0 Å². The number of alkyl halides is 2. The van der Waals surface area contributed by atoms with Crippen molar-refractivity contribution in [2.24, 2.45) is 4.99 Å². The molecule has 6 nitrogen and oxygen atoms in total. The average Bonchev–Trinajstić information content (AvgIpc) is 2.68. The molecule has 31 heavy (non-hydrogen) atoms. The highest BCUT2D eigenvalue weighted by atomic mass is 127. The van der Waals surface area contributed by atoms with E-state index in [-0.39, 0.29) is 42.2 Å². The Bertz CT molecular complexity index is 861. The van der Waals surface area contributed by atoms with Gasteiger partial charge < -0.3 is 20.7 Å². The van der Waals surface area contributed by atoms with Crippen LogP contribution in [0.1, 0.15) is 30.5 Å². The number of benzene rings is 2. The maximum atomic E-state index is 12.6. The molecule has 0 bridgehead atoms. The van der Waals surface area contributed by atoms with Crippen LogP contribution in [0.2, 0.25) is 0 Å². The minimum atomic E-state index is -2.88. The van der Waals surface area contributed by atoms with Gasteiger partial charge in [-0.2, -0.15) is 8.78 Å². The second kappa shape index (κ2) is 13.8. The number of rotatable bonds is 9. The van der Waals surface area contributed by atoms with Crippen LogP contribution in [0, 0.1) is 6.92 Å². The number of carbonyl (C=O) groups is 1. The van der Waals surface area contributed by atoms with Crippen LogP contribution < -0.4 is 20.7 Å². The van der Waals surface area contributed by atoms with E-state index < -0.39 is 6.61 Å². The van der Waals surface area contributed by atoms with Crippen molar-refractivity contribution in [3.05, 3.63) is 59.2 Å². The van der Waals surface area contributed by atoms with Crippen molar-refractivity contribution in [1.29, 1.82) is 0 Å². The molecular weight excluding hydrogens is 517 g/mol. The summed E-state index contributed by atoms with van der Waals surface area (Å²) in [5.41, 5.74) is 3.41. The molecule has 0 radical (unpaired) electrons. The number of aryl methyl sites for hydroxylation is 1. The number of aliphatic imine (C=N–C) groups is 1. The Labute approximate surface area is 198 Å². The Morgan fingerprint density at radius 2 is 1.84 bits per heavy atom. The molecule has 0 saturated carbocycles. The van der Waals surface area contributed by atoms with Gasteiger partial charge in [0, 0.05) is 31.3 Å². The predicted octanol–water partition coefficient (Wildman–Crippen LogP) is 4.47. The summed E-state index contributed by atoms with van der Waals surface area (Å²) in [5, 5.41) is 9.12. The van der Waals surface area contributed by atoms with Gasteiger partial charge in [-0.25, -0.2) is 4.99 Å². The van der Waals surface area contributed by atoms with E-state index in [1.807, 2.05) is 38.1 Å². The molecule has 2 rings (SSSR count). The van der Waals surface area contributed by atoms with Crippen LogP contribution in [0.4, 0.5) is 14.5 Å². The fraction of sp³-hybridized carbons (Fsp3) is 0.364. The van der Waals surface area contributed by atoms with E-state index in [4.69, 9.17) is 0 Å². The number of anilines is 1. The first kappa shape index (κ1) is 26.6. The number of ether oxygens (including phenoxy) is 1. The fourth-order valence-corrected chi connectivity index (χ4v) is 2.83. The summed E-state index contributed by atoms with van der Waals surface area (Å²) in [6, 6.07) is 12.7. The molecule has 0 heterocycles. The summed E-state index contributed by atoms with van der Waals surface area (Å²) in [5.74, 6) is 0.623. The second-order valence-corrected chi connectivity index (χ2v) is 6.74. The molecule has 0 aromatic heterocycles. The molecule has 0 aliphatic carbocycles. The summed E-state index contributed by atoms with van der Waals surface area (Å²) < 4.78 is 29.9. The summed E-state index contributed by atoms with van der Waals surface area (Å²) in [7, 11) is 0. The topological polar surface area (TPSA) is 74.8 Å². The van der Waals surface area contributed by atoms with E-state index in [0.29, 0.717) is 24.6 Å². The van der Waals surface area contributed by atoms with E-state index in [1.165, 1.54) is 13.0 Å². The van der Waals surface area contributed by atoms with Crippen LogP contribution in [0.5, 0.6) is 5.75 Å². The van der Waals surface area contributed by atoms with Crippen molar-refractivity contribution in [3.63, 3.8) is 0 Å². The molecule has 3 N–H and O–H groups in total. The molecule has 2 aromatic rings. The first-order valence-corrected chi connectivity index (χ1v) is 9.80. The third kappa shape index (κ3) is 9.95. The molecular formula is C22H29F2IN4O2. The minimum absolute atomic E-state index is 0. The minimum Gasteiger partial charge on any atom is -0.434 e. The summed E-state index contributed by atoms with van der Waals surface area (Å²) >= 11 is 0. The largest absolute Gasteiger partial charge is 0.434 e. The van der Waals surface area contributed by atoms with Crippen molar-refractivity contribution in [2.45, 2.75) is 40.3 Å². The molecule has 0 aliphatic rings. The zero-order valence-corrected chi connectivity index (χ0v) is 20.2. The highest BCUT2D eigenvalue weighted by Crippen LogP contribution is 2.22. The molecule has 0 atom stereocenters. The lowest BCUT2D eigenvalue weighted by Crippen LogP contribution is -2.38. The zero-order valence-electron chi connectivity index (χ0n) is 17.9. The third-order valence-corrected chi connectivity index (χ3v) is 4.16. The van der Waals surface area contributed by atoms with Gasteiger partial charge in [-0.1, -0.05) is 29.8 Å². The molecule has 1 amide bonds. The average molecular weight is 546 g/mol. The Balaban J connectivity index is 0.00000480. The Morgan fingerprint density at radius 3 is 2.45 bits per heavy atom. The molecule has 2 aromatic carbocycles. The number of nitrogens with zero attached hydrogens (tertiary/aromatic N) is 1. The highest BCUT2D eigenvalue weighted by molar-refractivity contribution is 14.0. The van der Waals surface area contributed by atoms with Gasteiger partial charge in [0.05, 0.1) is 6.54 Å². The van der Waals surface area contributed by atoms with Crippen LogP contribution in [-0.2, 0) is 17.8 Å². The summed E-state index contributed by atoms with van der Waals surface area (Å²) in [6.45, 7) is 3.96. The first-order valence-electron chi connectivity index (χ1n) is 9.80. The highest BCUT2D eigenvalue weighted by Gasteiger charge is 2.10. The van der Waals surface area contributed by atoms with E-state index in [1.54, 1.807) is 12.1 Å². The quantitative estimate of drug-likeness (QED) is 0.247. The Kier molecular flexibility index (Phi) is 11.8. The van der Waals surface area contributed by atoms with E-state index in [2.05, 4.69) is 25.7 Å². The molecule has 0 saturated heterocycles. The molecule has 0 spiro atoms. The number of nitrogens with one attached hydrogen (secondary N) is 3. The van der Waals surface area contributed by atoms with Crippen molar-refractivity contribution in [2.75, 3.05) is 18.4 Å². The second-order valence-electron chi connectivity index (χ2n) is 6.74. The lowest BCUT2D eigenvalue weighted by Gasteiger charge is -2.13. The number of hydrogen-bond donors (Lipinski definition) is 3. The van der Waals surface area contributed by atoms with E-state index in [0.717, 1.165) is 23.2 Å². The number of hydrogen-bond acceptors (Lipinski definition) is 3. The zero-order chi connectivity index (χ0) is 21.9. The van der Waals surface area contributed by atoms with Crippen LogP contribution in [0.15, 0.2) is 47.5 Å². The SMILES string of the molecule is CCNC(=NCc1cc(C)ccc1OC(F)F)NCCc1ccc(NC(C)=O)cc1.I. The summed E-state index contributed by atoms with van der Waals surface area (Å²) in [6.07, 6.45) is 0.759. The van der Waals surface area contributed by atoms with Gasteiger partial charge >= 0.3 is 6.61 Å². The number of carbonyl (C=O) groups excluding carboxylic acids is 1. The molecule has 0 unspecified atom stereocenters. The van der Waals surface area contributed by atoms with Gasteiger partial charge in [0.1, 0.15) is 5.75 Å². The van der Waals surface area contributed by atoms with Gasteiger partial charge in [-0.3, -0.25) is 4.79 Å². The van der Waals surface area contributed by atoms with Crippen LogP contribution >= 0.6 is 24.0 Å². The van der Waals surface area contributed by atoms with Crippen molar-refractivity contribution in [1.82, 2.24) is 10.6 Å². The maximum Gasteiger partial charge on any atom is 0.387 e. The smallest absolute Gasteiger partial charge is 0.387 e. The Morgan fingerprint density at radius 1 is 1.13 bits per heavy atom. The van der Waals surface area contributed by atoms with Gasteiger partial charge in [0.15, 0.2) is 5.96 Å². The third-order valence-electron chi connectivity index (χ3n) is 4.16. The lowest BCUT2D eigenvalue weighted by molar-refractivity contribution is -0.114. The number of amides is 1. The van der Waals surface area contributed by atoms with Crippen molar-refractivity contribution in [3.8, 4) is 5.75 Å². The molecule has 0 fully saturated rings. The van der Waals surface area contributed by atoms with Crippen LogP contribution in [0.3, 0.4) is 0 Å². The normalized spacial score (nSPS) is 11.0.